The minimum absolute atomic E-state index is 0.0803. The molecular weight excluding hydrogens is 194 g/mol. The zero-order valence-electron chi connectivity index (χ0n) is 9.67. The number of hydrogen-bond acceptors (Lipinski definition) is 4. The summed E-state index contributed by atoms with van der Waals surface area (Å²) in [6, 6.07) is 0. The van der Waals surface area contributed by atoms with E-state index < -0.39 is 0 Å². The van der Waals surface area contributed by atoms with E-state index in [1.54, 1.807) is 7.11 Å². The van der Waals surface area contributed by atoms with Crippen molar-refractivity contribution >= 4 is 0 Å². The molecule has 0 aromatic rings. The van der Waals surface area contributed by atoms with Crippen molar-refractivity contribution in [3.8, 4) is 0 Å². The number of ether oxygens (including phenoxy) is 3. The molecule has 90 valence electrons. The van der Waals surface area contributed by atoms with Crippen LogP contribution in [-0.2, 0) is 14.2 Å². The minimum Gasteiger partial charge on any atom is -0.382 e. The first-order valence-corrected chi connectivity index (χ1v) is 5.70. The topological polar surface area (TPSA) is 53.7 Å². The van der Waals surface area contributed by atoms with Gasteiger partial charge in [0.05, 0.1) is 26.4 Å². The Morgan fingerprint density at radius 2 is 1.60 bits per heavy atom. The van der Waals surface area contributed by atoms with E-state index in [1.165, 1.54) is 6.42 Å². The molecule has 15 heavy (non-hydrogen) atoms. The first kappa shape index (κ1) is 12.9. The van der Waals surface area contributed by atoms with Crippen molar-refractivity contribution < 1.29 is 14.2 Å². The Morgan fingerprint density at radius 3 is 2.13 bits per heavy atom. The number of hydrogen-bond donors (Lipinski definition) is 1. The first-order valence-electron chi connectivity index (χ1n) is 5.70. The van der Waals surface area contributed by atoms with Crippen molar-refractivity contribution in [3.63, 3.8) is 0 Å². The van der Waals surface area contributed by atoms with Crippen LogP contribution in [0.5, 0.6) is 0 Å². The number of nitrogens with two attached hydrogens (primary N) is 1. The molecule has 0 aromatic carbocycles. The second kappa shape index (κ2) is 7.17. The van der Waals surface area contributed by atoms with E-state index in [2.05, 4.69) is 0 Å². The third-order valence-electron chi connectivity index (χ3n) is 2.90. The van der Waals surface area contributed by atoms with Crippen LogP contribution >= 0.6 is 0 Å². The van der Waals surface area contributed by atoms with Crippen LogP contribution in [0.25, 0.3) is 0 Å². The molecule has 4 nitrogen and oxygen atoms in total. The molecule has 0 aliphatic heterocycles. The molecule has 0 bridgehead atoms. The van der Waals surface area contributed by atoms with Crippen molar-refractivity contribution in [2.45, 2.75) is 31.2 Å². The molecule has 0 spiro atoms. The molecule has 0 radical (unpaired) electrons. The monoisotopic (exact) mass is 217 g/mol. The van der Waals surface area contributed by atoms with E-state index in [0.29, 0.717) is 26.4 Å². The standard InChI is InChI=1S/C11H23NO3/c1-13-7-8-15-10-9-14-6-5-11(12)3-2-4-11/h2-10,12H2,1H3. The van der Waals surface area contributed by atoms with Gasteiger partial charge in [-0.15, -0.1) is 0 Å². The van der Waals surface area contributed by atoms with E-state index in [4.69, 9.17) is 19.9 Å². The maximum absolute atomic E-state index is 6.06. The lowest BCUT2D eigenvalue weighted by atomic mass is 9.76. The van der Waals surface area contributed by atoms with Gasteiger partial charge in [-0.3, -0.25) is 0 Å². The van der Waals surface area contributed by atoms with Gasteiger partial charge in [0, 0.05) is 19.3 Å². The second-order valence-corrected chi connectivity index (χ2v) is 4.18. The first-order chi connectivity index (χ1) is 7.27. The highest BCUT2D eigenvalue weighted by molar-refractivity contribution is 4.91. The lowest BCUT2D eigenvalue weighted by molar-refractivity contribution is 0.0174. The van der Waals surface area contributed by atoms with Gasteiger partial charge in [-0.2, -0.15) is 0 Å². The fourth-order valence-corrected chi connectivity index (χ4v) is 1.62. The largest absolute Gasteiger partial charge is 0.382 e. The second-order valence-electron chi connectivity index (χ2n) is 4.18. The summed E-state index contributed by atoms with van der Waals surface area (Å²) in [6.07, 6.45) is 4.56. The van der Waals surface area contributed by atoms with Gasteiger partial charge < -0.3 is 19.9 Å². The smallest absolute Gasteiger partial charge is 0.0701 e. The van der Waals surface area contributed by atoms with Crippen LogP contribution in [0.3, 0.4) is 0 Å². The van der Waals surface area contributed by atoms with Crippen LogP contribution in [0, 0.1) is 0 Å². The molecule has 1 rings (SSSR count). The predicted octanol–water partition coefficient (Wildman–Crippen LogP) is 0.937. The van der Waals surface area contributed by atoms with E-state index in [1.807, 2.05) is 0 Å². The normalized spacial score (nSPS) is 18.8. The summed E-state index contributed by atoms with van der Waals surface area (Å²) in [7, 11) is 1.67. The fourth-order valence-electron chi connectivity index (χ4n) is 1.62. The van der Waals surface area contributed by atoms with Gasteiger partial charge in [0.15, 0.2) is 0 Å². The molecule has 1 aliphatic rings. The zero-order valence-corrected chi connectivity index (χ0v) is 9.67. The van der Waals surface area contributed by atoms with Crippen LogP contribution in [0.4, 0.5) is 0 Å². The van der Waals surface area contributed by atoms with E-state index in [-0.39, 0.29) is 5.54 Å². The molecule has 0 saturated heterocycles. The average molecular weight is 217 g/mol. The molecule has 1 fully saturated rings. The van der Waals surface area contributed by atoms with Gasteiger partial charge in [0.25, 0.3) is 0 Å². The van der Waals surface area contributed by atoms with Crippen LogP contribution in [-0.4, -0.2) is 45.7 Å². The Labute approximate surface area is 92.1 Å². The van der Waals surface area contributed by atoms with Crippen molar-refractivity contribution in [1.82, 2.24) is 0 Å². The van der Waals surface area contributed by atoms with E-state index >= 15 is 0 Å². The number of methoxy groups -OCH3 is 1. The highest BCUT2D eigenvalue weighted by Crippen LogP contribution is 2.31. The molecular formula is C11H23NO3. The minimum atomic E-state index is 0.0803. The highest BCUT2D eigenvalue weighted by Gasteiger charge is 2.31. The Morgan fingerprint density at radius 1 is 1.00 bits per heavy atom. The van der Waals surface area contributed by atoms with Gasteiger partial charge in [0.2, 0.25) is 0 Å². The Bertz CT molecular complexity index is 160. The molecule has 1 aliphatic carbocycles. The van der Waals surface area contributed by atoms with Crippen molar-refractivity contribution in [1.29, 1.82) is 0 Å². The summed E-state index contributed by atoms with van der Waals surface area (Å²) >= 11 is 0. The van der Waals surface area contributed by atoms with Gasteiger partial charge in [0.1, 0.15) is 0 Å². The quantitative estimate of drug-likeness (QED) is 0.584. The molecule has 4 heteroatoms. The molecule has 0 amide bonds. The van der Waals surface area contributed by atoms with Gasteiger partial charge in [-0.25, -0.2) is 0 Å². The van der Waals surface area contributed by atoms with Gasteiger partial charge in [-0.05, 0) is 25.7 Å². The maximum atomic E-state index is 6.06. The Kier molecular flexibility index (Phi) is 6.17. The van der Waals surface area contributed by atoms with Gasteiger partial charge >= 0.3 is 0 Å². The predicted molar refractivity (Wildman–Crippen MR) is 58.9 cm³/mol. The average Bonchev–Trinajstić information content (AvgIpc) is 2.19. The number of rotatable bonds is 9. The maximum Gasteiger partial charge on any atom is 0.0701 e. The third-order valence-corrected chi connectivity index (χ3v) is 2.90. The van der Waals surface area contributed by atoms with Crippen molar-refractivity contribution in [2.75, 3.05) is 40.1 Å². The molecule has 0 heterocycles. The summed E-state index contributed by atoms with van der Waals surface area (Å²) in [5.74, 6) is 0. The molecule has 1 saturated carbocycles. The Balaban J connectivity index is 1.77. The molecule has 0 atom stereocenters. The van der Waals surface area contributed by atoms with Gasteiger partial charge in [-0.1, -0.05) is 0 Å². The van der Waals surface area contributed by atoms with Crippen molar-refractivity contribution in [2.24, 2.45) is 5.73 Å². The van der Waals surface area contributed by atoms with Crippen LogP contribution < -0.4 is 5.73 Å². The summed E-state index contributed by atoms with van der Waals surface area (Å²) in [5, 5.41) is 0. The fraction of sp³-hybridized carbons (Fsp3) is 1.00. The SMILES string of the molecule is COCCOCCOCCC1(N)CCC1. The lowest BCUT2D eigenvalue weighted by Crippen LogP contribution is -2.47. The highest BCUT2D eigenvalue weighted by atomic mass is 16.5. The summed E-state index contributed by atoms with van der Waals surface area (Å²) < 4.78 is 15.6. The van der Waals surface area contributed by atoms with Crippen LogP contribution in [0.1, 0.15) is 25.7 Å². The zero-order chi connectivity index (χ0) is 11.0. The molecule has 0 aromatic heterocycles. The summed E-state index contributed by atoms with van der Waals surface area (Å²) in [6.45, 7) is 3.33. The van der Waals surface area contributed by atoms with Crippen LogP contribution in [0.15, 0.2) is 0 Å². The van der Waals surface area contributed by atoms with E-state index in [0.717, 1.165) is 25.9 Å². The van der Waals surface area contributed by atoms with E-state index in [9.17, 15) is 0 Å². The third kappa shape index (κ3) is 5.47. The lowest BCUT2D eigenvalue weighted by Gasteiger charge is -2.38. The van der Waals surface area contributed by atoms with Crippen LogP contribution in [0.2, 0.25) is 0 Å². The summed E-state index contributed by atoms with van der Waals surface area (Å²) in [5.41, 5.74) is 6.14. The Hall–Kier alpha value is -0.160. The molecule has 2 N–H and O–H groups in total. The summed E-state index contributed by atoms with van der Waals surface area (Å²) in [4.78, 5) is 0. The molecule has 0 unspecified atom stereocenters. The van der Waals surface area contributed by atoms with Crippen molar-refractivity contribution in [3.05, 3.63) is 0 Å².